The molecular formula is C11H10O. The number of ether oxygens (including phenoxy) is 1. The largest absolute Gasteiger partial charge is 0.381 e. The molecule has 0 atom stereocenters. The quantitative estimate of drug-likeness (QED) is 0.549. The van der Waals surface area contributed by atoms with Crippen molar-refractivity contribution < 1.29 is 4.74 Å². The highest BCUT2D eigenvalue weighted by molar-refractivity contribution is 5.37. The SMILES string of the molecule is CC#CC#CC#CC=CCOC. The van der Waals surface area contributed by atoms with Crippen LogP contribution < -0.4 is 0 Å². The van der Waals surface area contributed by atoms with Gasteiger partial charge in [0.25, 0.3) is 0 Å². The van der Waals surface area contributed by atoms with E-state index in [1.165, 1.54) is 0 Å². The molecule has 12 heavy (non-hydrogen) atoms. The van der Waals surface area contributed by atoms with E-state index in [1.807, 2.05) is 6.08 Å². The van der Waals surface area contributed by atoms with Crippen LogP contribution in [-0.2, 0) is 4.74 Å². The van der Waals surface area contributed by atoms with Gasteiger partial charge in [0.15, 0.2) is 0 Å². The second-order valence-electron chi connectivity index (χ2n) is 1.75. The first-order valence-corrected chi connectivity index (χ1v) is 3.48. The summed E-state index contributed by atoms with van der Waals surface area (Å²) in [7, 11) is 1.63. The molecule has 0 amide bonds. The van der Waals surface area contributed by atoms with Crippen LogP contribution >= 0.6 is 0 Å². The van der Waals surface area contributed by atoms with Crippen LogP contribution in [0.2, 0.25) is 0 Å². The zero-order chi connectivity index (χ0) is 9.07. The van der Waals surface area contributed by atoms with Crippen LogP contribution in [0.4, 0.5) is 0 Å². The van der Waals surface area contributed by atoms with E-state index in [9.17, 15) is 0 Å². The molecule has 1 nitrogen and oxygen atoms in total. The number of hydrogen-bond acceptors (Lipinski definition) is 1. The second kappa shape index (κ2) is 9.38. The summed E-state index contributed by atoms with van der Waals surface area (Å²) in [6, 6.07) is 0. The van der Waals surface area contributed by atoms with E-state index in [4.69, 9.17) is 4.74 Å². The van der Waals surface area contributed by atoms with Gasteiger partial charge in [-0.2, -0.15) is 0 Å². The van der Waals surface area contributed by atoms with Gasteiger partial charge in [0.2, 0.25) is 0 Å². The van der Waals surface area contributed by atoms with Crippen molar-refractivity contribution in [2.45, 2.75) is 6.92 Å². The van der Waals surface area contributed by atoms with Gasteiger partial charge in [-0.15, -0.1) is 0 Å². The standard InChI is InChI=1S/C11H10O/c1-3-4-5-6-7-8-9-10-11-12-2/h9-10H,11H2,1-2H3. The molecule has 0 saturated heterocycles. The van der Waals surface area contributed by atoms with E-state index < -0.39 is 0 Å². The maximum Gasteiger partial charge on any atom is 0.0652 e. The Hall–Kier alpha value is -1.62. The van der Waals surface area contributed by atoms with Crippen LogP contribution in [0.15, 0.2) is 12.2 Å². The molecule has 0 fully saturated rings. The predicted octanol–water partition coefficient (Wildman–Crippen LogP) is 1.22. The number of hydrogen-bond donors (Lipinski definition) is 0. The number of allylic oxidation sites excluding steroid dienone is 1. The van der Waals surface area contributed by atoms with Gasteiger partial charge in [-0.3, -0.25) is 0 Å². The molecule has 0 unspecified atom stereocenters. The minimum Gasteiger partial charge on any atom is -0.381 e. The Morgan fingerprint density at radius 1 is 1.17 bits per heavy atom. The highest BCUT2D eigenvalue weighted by Crippen LogP contribution is 1.70. The molecule has 0 aromatic carbocycles. The lowest BCUT2D eigenvalue weighted by atomic mass is 10.5. The molecule has 0 bridgehead atoms. The molecule has 0 aliphatic carbocycles. The van der Waals surface area contributed by atoms with Gasteiger partial charge >= 0.3 is 0 Å². The van der Waals surface area contributed by atoms with Crippen molar-refractivity contribution in [1.82, 2.24) is 0 Å². The zero-order valence-corrected chi connectivity index (χ0v) is 7.27. The number of rotatable bonds is 2. The van der Waals surface area contributed by atoms with E-state index in [0.29, 0.717) is 6.61 Å². The van der Waals surface area contributed by atoms with Gasteiger partial charge in [0, 0.05) is 7.11 Å². The van der Waals surface area contributed by atoms with Gasteiger partial charge in [-0.1, -0.05) is 17.9 Å². The lowest BCUT2D eigenvalue weighted by Gasteiger charge is -1.81. The Morgan fingerprint density at radius 2 is 1.92 bits per heavy atom. The zero-order valence-electron chi connectivity index (χ0n) is 7.27. The van der Waals surface area contributed by atoms with Crippen molar-refractivity contribution in [3.63, 3.8) is 0 Å². The maximum atomic E-state index is 4.77. The summed E-state index contributed by atoms with van der Waals surface area (Å²) in [5.74, 6) is 15.8. The summed E-state index contributed by atoms with van der Waals surface area (Å²) in [6.45, 7) is 2.32. The third-order valence-electron chi connectivity index (χ3n) is 0.849. The van der Waals surface area contributed by atoms with Crippen LogP contribution in [-0.4, -0.2) is 13.7 Å². The normalized spacial score (nSPS) is 7.17. The fourth-order valence-electron chi connectivity index (χ4n) is 0.406. The second-order valence-corrected chi connectivity index (χ2v) is 1.75. The highest BCUT2D eigenvalue weighted by Gasteiger charge is 1.65. The number of methoxy groups -OCH3 is 1. The molecule has 60 valence electrons. The van der Waals surface area contributed by atoms with E-state index in [1.54, 1.807) is 20.1 Å². The van der Waals surface area contributed by atoms with Crippen molar-refractivity contribution >= 4 is 0 Å². The van der Waals surface area contributed by atoms with Crippen molar-refractivity contribution in [3.05, 3.63) is 12.2 Å². The summed E-state index contributed by atoms with van der Waals surface area (Å²) in [4.78, 5) is 0. The fraction of sp³-hybridized carbons (Fsp3) is 0.273. The first-order chi connectivity index (χ1) is 5.91. The third kappa shape index (κ3) is 8.38. The van der Waals surface area contributed by atoms with Gasteiger partial charge < -0.3 is 4.74 Å². The van der Waals surface area contributed by atoms with Crippen molar-refractivity contribution in [2.24, 2.45) is 0 Å². The predicted molar refractivity (Wildman–Crippen MR) is 50.0 cm³/mol. The van der Waals surface area contributed by atoms with Crippen molar-refractivity contribution in [3.8, 4) is 35.5 Å². The van der Waals surface area contributed by atoms with E-state index >= 15 is 0 Å². The molecule has 0 aromatic rings. The van der Waals surface area contributed by atoms with Crippen LogP contribution in [0.1, 0.15) is 6.92 Å². The molecule has 0 radical (unpaired) electrons. The third-order valence-corrected chi connectivity index (χ3v) is 0.849. The van der Waals surface area contributed by atoms with E-state index in [-0.39, 0.29) is 0 Å². The summed E-state index contributed by atoms with van der Waals surface area (Å²) < 4.78 is 4.77. The van der Waals surface area contributed by atoms with Crippen LogP contribution in [0.5, 0.6) is 0 Å². The summed E-state index contributed by atoms with van der Waals surface area (Å²) >= 11 is 0. The van der Waals surface area contributed by atoms with Crippen LogP contribution in [0.3, 0.4) is 0 Å². The summed E-state index contributed by atoms with van der Waals surface area (Å²) in [6.07, 6.45) is 3.53. The molecule has 1 heteroatoms. The molecule has 0 aliphatic rings. The average Bonchev–Trinajstić information content (AvgIpc) is 2.10. The lowest BCUT2D eigenvalue weighted by molar-refractivity contribution is 0.234. The average molecular weight is 158 g/mol. The Bertz CT molecular complexity index is 304. The summed E-state index contributed by atoms with van der Waals surface area (Å²) in [5.41, 5.74) is 0. The molecule has 0 saturated carbocycles. The molecule has 0 rings (SSSR count). The van der Waals surface area contributed by atoms with Gasteiger partial charge in [0.05, 0.1) is 6.61 Å². The Morgan fingerprint density at radius 3 is 2.58 bits per heavy atom. The van der Waals surface area contributed by atoms with E-state index in [0.717, 1.165) is 0 Å². The Kier molecular flexibility index (Phi) is 8.11. The maximum absolute atomic E-state index is 4.77. The van der Waals surface area contributed by atoms with Gasteiger partial charge in [-0.05, 0) is 36.7 Å². The van der Waals surface area contributed by atoms with Gasteiger partial charge in [0.1, 0.15) is 0 Å². The van der Waals surface area contributed by atoms with Crippen molar-refractivity contribution in [1.29, 1.82) is 0 Å². The smallest absolute Gasteiger partial charge is 0.0652 e. The minimum absolute atomic E-state index is 0.580. The molecule has 0 aliphatic heterocycles. The highest BCUT2D eigenvalue weighted by atomic mass is 16.5. The lowest BCUT2D eigenvalue weighted by Crippen LogP contribution is -1.78. The molecule has 0 heterocycles. The fourth-order valence-corrected chi connectivity index (χ4v) is 0.406. The molecule has 0 spiro atoms. The first kappa shape index (κ1) is 10.4. The minimum atomic E-state index is 0.580. The van der Waals surface area contributed by atoms with Crippen LogP contribution in [0.25, 0.3) is 0 Å². The van der Waals surface area contributed by atoms with E-state index in [2.05, 4.69) is 35.5 Å². The summed E-state index contributed by atoms with van der Waals surface area (Å²) in [5, 5.41) is 0. The Balaban J connectivity index is 3.74. The monoisotopic (exact) mass is 158 g/mol. The molecule has 0 N–H and O–H groups in total. The van der Waals surface area contributed by atoms with Gasteiger partial charge in [-0.25, -0.2) is 0 Å². The van der Waals surface area contributed by atoms with Crippen LogP contribution in [0, 0.1) is 35.5 Å². The van der Waals surface area contributed by atoms with Crippen molar-refractivity contribution in [2.75, 3.05) is 13.7 Å². The Labute approximate surface area is 73.8 Å². The first-order valence-electron chi connectivity index (χ1n) is 3.48. The topological polar surface area (TPSA) is 9.23 Å². The molecular weight excluding hydrogens is 148 g/mol. The molecule has 0 aromatic heterocycles.